The highest BCUT2D eigenvalue weighted by atomic mass is 16.5. The monoisotopic (exact) mass is 408 g/mol. The van der Waals surface area contributed by atoms with Crippen LogP contribution < -0.4 is 10.1 Å². The maximum Gasteiger partial charge on any atom is 0.254 e. The van der Waals surface area contributed by atoms with Gasteiger partial charge >= 0.3 is 0 Å². The van der Waals surface area contributed by atoms with E-state index in [1.807, 2.05) is 13.0 Å². The predicted molar refractivity (Wildman–Crippen MR) is 116 cm³/mol. The molecule has 0 unspecified atom stereocenters. The van der Waals surface area contributed by atoms with E-state index in [4.69, 9.17) is 10.1 Å². The number of rotatable bonds is 6. The van der Waals surface area contributed by atoms with Gasteiger partial charge in [0.15, 0.2) is 5.78 Å². The lowest BCUT2D eigenvalue weighted by Crippen LogP contribution is -2.30. The zero-order valence-electron chi connectivity index (χ0n) is 18.1. The number of hydrogen-bond donors (Lipinski definition) is 2. The van der Waals surface area contributed by atoms with Gasteiger partial charge in [0, 0.05) is 42.0 Å². The Kier molecular flexibility index (Phi) is 5.92. The van der Waals surface area contributed by atoms with Crippen LogP contribution in [-0.4, -0.2) is 47.6 Å². The van der Waals surface area contributed by atoms with Crippen molar-refractivity contribution in [3.8, 4) is 5.75 Å². The van der Waals surface area contributed by atoms with E-state index in [0.717, 1.165) is 11.3 Å². The van der Waals surface area contributed by atoms with Gasteiger partial charge in [0.1, 0.15) is 11.6 Å². The third-order valence-corrected chi connectivity index (χ3v) is 5.09. The lowest BCUT2D eigenvalue weighted by atomic mass is 9.90. The lowest BCUT2D eigenvalue weighted by Gasteiger charge is -2.19. The number of amides is 1. The molecule has 1 amide bonds. The Bertz CT molecular complexity index is 1010. The van der Waals surface area contributed by atoms with Crippen LogP contribution >= 0.6 is 0 Å². The maximum absolute atomic E-state index is 12.9. The van der Waals surface area contributed by atoms with E-state index >= 15 is 0 Å². The van der Waals surface area contributed by atoms with E-state index in [0.29, 0.717) is 35.6 Å². The molecule has 1 aromatic carbocycles. The van der Waals surface area contributed by atoms with Crippen LogP contribution in [0.25, 0.3) is 0 Å². The first kappa shape index (κ1) is 21.5. The lowest BCUT2D eigenvalue weighted by molar-refractivity contribution is 0.0953. The van der Waals surface area contributed by atoms with Crippen molar-refractivity contribution >= 4 is 17.5 Å². The molecule has 0 saturated heterocycles. The summed E-state index contributed by atoms with van der Waals surface area (Å²) < 4.78 is 5.63. The SMILES string of the molecule is CCOc1cc2c(cc1C(=O)NC)C(=N)N(CC(=O)c1ccnc(C(C)(C)C)c1)C2. The van der Waals surface area contributed by atoms with Crippen LogP contribution in [0.4, 0.5) is 0 Å². The minimum atomic E-state index is -0.268. The number of benzene rings is 1. The maximum atomic E-state index is 12.9. The van der Waals surface area contributed by atoms with Gasteiger partial charge in [-0.1, -0.05) is 20.8 Å². The van der Waals surface area contributed by atoms with Crippen molar-refractivity contribution in [2.45, 2.75) is 39.7 Å². The first-order valence-electron chi connectivity index (χ1n) is 10.0. The number of amidine groups is 1. The third-order valence-electron chi connectivity index (χ3n) is 5.09. The number of nitrogens with one attached hydrogen (secondary N) is 2. The van der Waals surface area contributed by atoms with E-state index in [-0.39, 0.29) is 29.5 Å². The molecule has 2 heterocycles. The van der Waals surface area contributed by atoms with Gasteiger partial charge in [0.2, 0.25) is 0 Å². The number of hydrogen-bond acceptors (Lipinski definition) is 5. The molecule has 1 aliphatic rings. The molecule has 7 heteroatoms. The molecule has 2 aromatic rings. The molecule has 0 spiro atoms. The highest BCUT2D eigenvalue weighted by Gasteiger charge is 2.29. The molecule has 2 N–H and O–H groups in total. The number of carbonyl (C=O) groups is 2. The van der Waals surface area contributed by atoms with Gasteiger partial charge in [-0.2, -0.15) is 0 Å². The van der Waals surface area contributed by atoms with Gasteiger partial charge in [-0.15, -0.1) is 0 Å². The van der Waals surface area contributed by atoms with Gasteiger partial charge in [0.25, 0.3) is 5.91 Å². The number of Topliss-reactive ketones (excluding diaryl/α,β-unsaturated/α-hetero) is 1. The van der Waals surface area contributed by atoms with Crippen molar-refractivity contribution in [1.82, 2.24) is 15.2 Å². The van der Waals surface area contributed by atoms with Gasteiger partial charge in [-0.05, 0) is 36.8 Å². The Morgan fingerprint density at radius 1 is 1.27 bits per heavy atom. The second-order valence-corrected chi connectivity index (χ2v) is 8.33. The Balaban J connectivity index is 1.84. The molecule has 0 fully saturated rings. The van der Waals surface area contributed by atoms with E-state index in [1.54, 1.807) is 36.3 Å². The Morgan fingerprint density at radius 2 is 2.00 bits per heavy atom. The number of fused-ring (bicyclic) bond motifs is 1. The summed E-state index contributed by atoms with van der Waals surface area (Å²) in [6.45, 7) is 8.95. The Hall–Kier alpha value is -3.22. The van der Waals surface area contributed by atoms with Crippen molar-refractivity contribution in [2.24, 2.45) is 0 Å². The topological polar surface area (TPSA) is 95.4 Å². The first-order chi connectivity index (χ1) is 14.2. The molecule has 1 aromatic heterocycles. The first-order valence-corrected chi connectivity index (χ1v) is 10.0. The van der Waals surface area contributed by atoms with E-state index in [9.17, 15) is 9.59 Å². The standard InChI is InChI=1S/C23H28N4O3/c1-6-30-19-9-15-12-27(21(24)16(15)11-17(19)22(29)25-5)13-18(28)14-7-8-26-20(10-14)23(2,3)4/h7-11,24H,6,12-13H2,1-5H3,(H,25,29). The zero-order valence-corrected chi connectivity index (χ0v) is 18.1. The summed E-state index contributed by atoms with van der Waals surface area (Å²) >= 11 is 0. The molecule has 1 aliphatic heterocycles. The van der Waals surface area contributed by atoms with E-state index in [2.05, 4.69) is 31.1 Å². The molecule has 7 nitrogen and oxygen atoms in total. The van der Waals surface area contributed by atoms with Crippen molar-refractivity contribution in [1.29, 1.82) is 5.41 Å². The van der Waals surface area contributed by atoms with Crippen LogP contribution in [0.2, 0.25) is 0 Å². The molecule has 158 valence electrons. The molecule has 3 rings (SSSR count). The molecule has 0 radical (unpaired) electrons. The fraction of sp³-hybridized carbons (Fsp3) is 0.391. The van der Waals surface area contributed by atoms with Gasteiger partial charge < -0.3 is 15.0 Å². The molecule has 0 atom stereocenters. The second kappa shape index (κ2) is 8.26. The summed E-state index contributed by atoms with van der Waals surface area (Å²) in [5.41, 5.74) is 3.19. The molecular formula is C23H28N4O3. The summed E-state index contributed by atoms with van der Waals surface area (Å²) in [4.78, 5) is 31.2. The van der Waals surface area contributed by atoms with Crippen LogP contribution in [-0.2, 0) is 12.0 Å². The van der Waals surface area contributed by atoms with Crippen LogP contribution in [0.1, 0.15) is 65.2 Å². The van der Waals surface area contributed by atoms with Gasteiger partial charge in [0.05, 0.1) is 18.7 Å². The molecule has 0 aliphatic carbocycles. The quantitative estimate of drug-likeness (QED) is 0.716. The van der Waals surface area contributed by atoms with Crippen LogP contribution in [0.15, 0.2) is 30.5 Å². The largest absolute Gasteiger partial charge is 0.493 e. The van der Waals surface area contributed by atoms with Crippen molar-refractivity contribution in [3.05, 3.63) is 58.4 Å². The van der Waals surface area contributed by atoms with Crippen molar-refractivity contribution < 1.29 is 14.3 Å². The third kappa shape index (κ3) is 4.20. The summed E-state index contributed by atoms with van der Waals surface area (Å²) in [6.07, 6.45) is 1.65. The number of nitrogens with zero attached hydrogens (tertiary/aromatic N) is 2. The van der Waals surface area contributed by atoms with Crippen molar-refractivity contribution in [3.63, 3.8) is 0 Å². The number of ether oxygens (including phenoxy) is 1. The van der Waals surface area contributed by atoms with Crippen LogP contribution in [0, 0.1) is 5.41 Å². The van der Waals surface area contributed by atoms with Crippen molar-refractivity contribution in [2.75, 3.05) is 20.2 Å². The average Bonchev–Trinajstić information content (AvgIpc) is 3.01. The Labute approximate surface area is 177 Å². The number of aromatic nitrogens is 1. The highest BCUT2D eigenvalue weighted by molar-refractivity contribution is 6.07. The molecule has 0 saturated carbocycles. The molecule has 30 heavy (non-hydrogen) atoms. The minimum Gasteiger partial charge on any atom is -0.493 e. The Morgan fingerprint density at radius 3 is 2.63 bits per heavy atom. The summed E-state index contributed by atoms with van der Waals surface area (Å²) in [5.74, 6) is 0.379. The fourth-order valence-electron chi connectivity index (χ4n) is 3.43. The van der Waals surface area contributed by atoms with Crippen LogP contribution in [0.5, 0.6) is 5.75 Å². The second-order valence-electron chi connectivity index (χ2n) is 8.33. The molecular weight excluding hydrogens is 380 g/mol. The fourth-order valence-corrected chi connectivity index (χ4v) is 3.43. The smallest absolute Gasteiger partial charge is 0.254 e. The van der Waals surface area contributed by atoms with E-state index < -0.39 is 0 Å². The highest BCUT2D eigenvalue weighted by Crippen LogP contribution is 2.31. The normalized spacial score (nSPS) is 13.2. The van der Waals surface area contributed by atoms with Crippen LogP contribution in [0.3, 0.4) is 0 Å². The predicted octanol–water partition coefficient (Wildman–Crippen LogP) is 3.16. The summed E-state index contributed by atoms with van der Waals surface area (Å²) in [5, 5.41) is 11.1. The van der Waals surface area contributed by atoms with E-state index in [1.165, 1.54) is 0 Å². The molecule has 0 bridgehead atoms. The number of pyridine rings is 1. The van der Waals surface area contributed by atoms with Gasteiger partial charge in [-0.3, -0.25) is 20.0 Å². The van der Waals surface area contributed by atoms with Gasteiger partial charge in [-0.25, -0.2) is 0 Å². The average molecular weight is 409 g/mol. The summed E-state index contributed by atoms with van der Waals surface area (Å²) in [7, 11) is 1.56. The number of ketones is 1. The zero-order chi connectivity index (χ0) is 22.1. The minimum absolute atomic E-state index is 0.0722. The number of carbonyl (C=O) groups excluding carboxylic acids is 2. The summed E-state index contributed by atoms with van der Waals surface area (Å²) in [6, 6.07) is 7.01.